The van der Waals surface area contributed by atoms with E-state index in [9.17, 15) is 33.6 Å². The van der Waals surface area contributed by atoms with Gasteiger partial charge in [0.05, 0.1) is 41.2 Å². The first kappa shape index (κ1) is 45.1. The van der Waals surface area contributed by atoms with Gasteiger partial charge in [-0.2, -0.15) is 0 Å². The van der Waals surface area contributed by atoms with Gasteiger partial charge in [-0.1, -0.05) is 0 Å². The summed E-state index contributed by atoms with van der Waals surface area (Å²) >= 11 is 1.31. The van der Waals surface area contributed by atoms with Gasteiger partial charge in [0.15, 0.2) is 0 Å². The third-order valence-corrected chi connectivity index (χ3v) is 15.4. The van der Waals surface area contributed by atoms with Crippen LogP contribution >= 0.6 is 11.3 Å². The number of hydrogen-bond acceptors (Lipinski definition) is 13. The van der Waals surface area contributed by atoms with Gasteiger partial charge in [-0.15, -0.1) is 11.3 Å². The van der Waals surface area contributed by atoms with Crippen molar-refractivity contribution in [1.29, 1.82) is 0 Å². The maximum Gasteiger partial charge on any atom is 0.262 e. The van der Waals surface area contributed by atoms with Crippen molar-refractivity contribution in [2.45, 2.75) is 51.1 Å². The Hall–Kier alpha value is -6.11. The molecule has 2 aromatic carbocycles. The number of nitrogens with zero attached hydrogens (tertiary/aromatic N) is 6. The van der Waals surface area contributed by atoms with E-state index in [1.807, 2.05) is 42.1 Å². The molecule has 9 rings (SSSR count). The van der Waals surface area contributed by atoms with E-state index in [1.165, 1.54) is 11.3 Å². The number of piperazine rings is 1. The zero-order chi connectivity index (χ0) is 46.6. The molecule has 0 radical (unpaired) electrons. The molecule has 2 aromatic heterocycles. The van der Waals surface area contributed by atoms with Gasteiger partial charge in [-0.05, 0) is 93.1 Å². The highest BCUT2D eigenvalue weighted by Gasteiger charge is 2.55. The molecule has 2 unspecified atom stereocenters. The molecule has 6 amide bonds. The molecule has 1 spiro atoms. The van der Waals surface area contributed by atoms with Crippen molar-refractivity contribution in [2.75, 3.05) is 85.6 Å². The molecule has 2 atom stereocenters. The highest BCUT2D eigenvalue weighted by atomic mass is 32.1. The largest absolute Gasteiger partial charge is 0.496 e. The fourth-order valence-corrected chi connectivity index (χ4v) is 11.4. The van der Waals surface area contributed by atoms with E-state index in [1.54, 1.807) is 50.2 Å². The number of fused-ring (bicyclic) bond motifs is 2. The van der Waals surface area contributed by atoms with E-state index in [4.69, 9.17) is 9.47 Å². The van der Waals surface area contributed by atoms with Crippen LogP contribution in [0.25, 0.3) is 21.2 Å². The summed E-state index contributed by atoms with van der Waals surface area (Å²) in [6, 6.07) is 9.79. The third-order valence-electron chi connectivity index (χ3n) is 14.2. The molecule has 4 aromatic rings. The van der Waals surface area contributed by atoms with Gasteiger partial charge in [0, 0.05) is 101 Å². The number of likely N-dealkylation sites (tertiary alicyclic amines) is 1. The number of pyridine rings is 1. The quantitative estimate of drug-likeness (QED) is 0.187. The fraction of sp³-hybridized carbons (Fsp3) is 0.479. The second kappa shape index (κ2) is 17.9. The summed E-state index contributed by atoms with van der Waals surface area (Å²) in [5, 5.41) is 5.87. The second-order valence-corrected chi connectivity index (χ2v) is 19.6. The van der Waals surface area contributed by atoms with Crippen molar-refractivity contribution in [1.82, 2.24) is 34.8 Å². The van der Waals surface area contributed by atoms with Crippen molar-refractivity contribution >= 4 is 62.6 Å². The number of thiophene rings is 1. The van der Waals surface area contributed by atoms with Crippen LogP contribution in [0.5, 0.6) is 11.5 Å². The molecule has 6 heterocycles. The van der Waals surface area contributed by atoms with E-state index in [0.717, 1.165) is 64.3 Å². The number of carbonyl (C=O) groups excluding carboxylic acids is 6. The first-order valence-corrected chi connectivity index (χ1v) is 23.4. The van der Waals surface area contributed by atoms with Crippen molar-refractivity contribution in [3.05, 3.63) is 74.5 Å². The minimum absolute atomic E-state index is 0.0695. The van der Waals surface area contributed by atoms with Crippen LogP contribution in [0.2, 0.25) is 0 Å². The van der Waals surface area contributed by atoms with Crippen LogP contribution in [0, 0.1) is 11.3 Å². The number of anilines is 1. The lowest BCUT2D eigenvalue weighted by Crippen LogP contribution is -2.54. The Kier molecular flexibility index (Phi) is 12.2. The first-order chi connectivity index (χ1) is 31.7. The van der Waals surface area contributed by atoms with Gasteiger partial charge < -0.3 is 34.1 Å². The summed E-state index contributed by atoms with van der Waals surface area (Å²) in [7, 11) is 8.92. The predicted octanol–water partition coefficient (Wildman–Crippen LogP) is 3.32. The molecule has 1 saturated carbocycles. The Morgan fingerprint density at radius 1 is 0.894 bits per heavy atom. The van der Waals surface area contributed by atoms with E-state index in [2.05, 4.69) is 20.4 Å². The van der Waals surface area contributed by atoms with E-state index in [0.29, 0.717) is 79.9 Å². The maximum absolute atomic E-state index is 13.6. The number of rotatable bonds is 13. The summed E-state index contributed by atoms with van der Waals surface area (Å²) in [5.74, 6) is -0.449. The highest BCUT2D eigenvalue weighted by Crippen LogP contribution is 2.59. The lowest BCUT2D eigenvalue weighted by molar-refractivity contribution is -0.136. The number of benzene rings is 2. The zero-order valence-electron chi connectivity index (χ0n) is 38.1. The minimum atomic E-state index is -1.00. The van der Waals surface area contributed by atoms with Crippen LogP contribution in [0.1, 0.15) is 74.5 Å². The maximum atomic E-state index is 13.6. The predicted molar refractivity (Wildman–Crippen MR) is 248 cm³/mol. The molecular formula is C48H56N8O9S. The van der Waals surface area contributed by atoms with Crippen molar-refractivity contribution in [2.24, 2.45) is 18.4 Å². The van der Waals surface area contributed by atoms with Crippen LogP contribution in [0.15, 0.2) is 47.4 Å². The number of aromatic nitrogens is 1. The van der Waals surface area contributed by atoms with Gasteiger partial charge in [-0.3, -0.25) is 48.7 Å². The average Bonchev–Trinajstić information content (AvgIpc) is 3.65. The topological polar surface area (TPSA) is 183 Å². The molecule has 66 heavy (non-hydrogen) atoms. The standard InChI is InChI=1S/C48H56N8O9S/c1-51(2)26-35-37(64-4)20-28(21-38(35)65-5)34-27-52(3)45(61)33-23-39(66-42(33)34)44(60)49-25-29-24-48(29)11-14-55(15-12-48)41(58)10-13-53-16-18-54(19-17-53)30-6-7-31-32(22-30)47(63)56(46(31)62)36-8-9-40(57)50-43(36)59/h6-7,20-23,27,29,36H,8-19,24-26H2,1-5H3,(H,49,60)(H,50,57,59). The Morgan fingerprint density at radius 3 is 2.26 bits per heavy atom. The molecule has 3 saturated heterocycles. The lowest BCUT2D eigenvalue weighted by Gasteiger charge is -2.37. The number of carbonyl (C=O) groups is 6. The summed E-state index contributed by atoms with van der Waals surface area (Å²) in [5.41, 5.74) is 3.84. The van der Waals surface area contributed by atoms with Gasteiger partial charge in [0.1, 0.15) is 17.5 Å². The number of amides is 6. The average molecular weight is 921 g/mol. The first-order valence-electron chi connectivity index (χ1n) is 22.6. The van der Waals surface area contributed by atoms with E-state index < -0.39 is 29.7 Å². The van der Waals surface area contributed by atoms with E-state index >= 15 is 0 Å². The summed E-state index contributed by atoms with van der Waals surface area (Å²) in [6.07, 6.45) is 5.23. The lowest BCUT2D eigenvalue weighted by atomic mass is 9.90. The number of ether oxygens (including phenoxy) is 2. The number of imide groups is 2. The number of aryl methyl sites for hydroxylation is 1. The molecule has 17 nitrogen and oxygen atoms in total. The van der Waals surface area contributed by atoms with Gasteiger partial charge >= 0.3 is 0 Å². The Morgan fingerprint density at radius 2 is 1.59 bits per heavy atom. The molecule has 1 aliphatic carbocycles. The number of methoxy groups -OCH3 is 2. The summed E-state index contributed by atoms with van der Waals surface area (Å²) in [4.78, 5) is 101. The molecule has 18 heteroatoms. The molecule has 0 bridgehead atoms. The molecule has 4 fully saturated rings. The highest BCUT2D eigenvalue weighted by molar-refractivity contribution is 7.21. The molecule has 4 aliphatic heterocycles. The number of hydrogen-bond donors (Lipinski definition) is 2. The molecule has 348 valence electrons. The molecular weight excluding hydrogens is 865 g/mol. The van der Waals surface area contributed by atoms with Crippen LogP contribution < -0.4 is 30.6 Å². The van der Waals surface area contributed by atoms with Crippen molar-refractivity contribution in [3.8, 4) is 22.6 Å². The second-order valence-electron chi connectivity index (χ2n) is 18.5. The van der Waals surface area contributed by atoms with Gasteiger partial charge in [0.25, 0.3) is 23.3 Å². The Bertz CT molecular complexity index is 2690. The van der Waals surface area contributed by atoms with Gasteiger partial charge in [0.2, 0.25) is 17.7 Å². The summed E-state index contributed by atoms with van der Waals surface area (Å²) < 4.78 is 13.8. The molecule has 2 N–H and O–H groups in total. The number of nitrogens with one attached hydrogen (secondary N) is 2. The third kappa shape index (κ3) is 8.45. The number of piperidine rings is 2. The zero-order valence-corrected chi connectivity index (χ0v) is 38.9. The summed E-state index contributed by atoms with van der Waals surface area (Å²) in [6.45, 7) is 6.08. The Balaban J connectivity index is 0.741. The van der Waals surface area contributed by atoms with Crippen LogP contribution in [-0.2, 0) is 28.0 Å². The SMILES string of the molecule is COc1cc(-c2cn(C)c(=O)c3cc(C(=O)NCC4CC45CCN(C(=O)CCN4CCN(c6ccc7c(c6)C(=O)N(C6CCC(=O)NC6=O)C7=O)CC4)CC5)sc23)cc(OC)c1CN(C)C. The van der Waals surface area contributed by atoms with Crippen LogP contribution in [0.3, 0.4) is 0 Å². The van der Waals surface area contributed by atoms with Crippen LogP contribution in [0.4, 0.5) is 5.69 Å². The van der Waals surface area contributed by atoms with Crippen molar-refractivity contribution in [3.63, 3.8) is 0 Å². The fourth-order valence-electron chi connectivity index (χ4n) is 10.3. The van der Waals surface area contributed by atoms with Crippen LogP contribution in [-0.4, -0.2) is 146 Å². The van der Waals surface area contributed by atoms with Crippen molar-refractivity contribution < 1.29 is 38.2 Å². The van der Waals surface area contributed by atoms with E-state index in [-0.39, 0.29) is 46.8 Å². The minimum Gasteiger partial charge on any atom is -0.496 e. The smallest absolute Gasteiger partial charge is 0.262 e. The normalized spacial score (nSPS) is 20.6. The molecule has 5 aliphatic rings. The Labute approximate surface area is 386 Å². The monoisotopic (exact) mass is 920 g/mol. The van der Waals surface area contributed by atoms with Gasteiger partial charge in [-0.25, -0.2) is 0 Å².